The summed E-state index contributed by atoms with van der Waals surface area (Å²) in [5.41, 5.74) is 7.55. The molecule has 0 aliphatic rings. The third-order valence-corrected chi connectivity index (χ3v) is 3.10. The molecule has 0 spiro atoms. The van der Waals surface area contributed by atoms with E-state index in [1.54, 1.807) is 39.1 Å². The maximum atomic E-state index is 5.45. The highest BCUT2D eigenvalue weighted by molar-refractivity contribution is 5.67. The van der Waals surface area contributed by atoms with Crippen molar-refractivity contribution in [2.24, 2.45) is 0 Å². The van der Waals surface area contributed by atoms with Gasteiger partial charge in [0.2, 0.25) is 5.95 Å². The molecule has 0 atom stereocenters. The van der Waals surface area contributed by atoms with Crippen LogP contribution in [0.1, 0.15) is 0 Å². The molecule has 1 aromatic carbocycles. The van der Waals surface area contributed by atoms with Crippen molar-refractivity contribution in [3.8, 4) is 17.2 Å². The first-order valence-electron chi connectivity index (χ1n) is 6.57. The summed E-state index contributed by atoms with van der Waals surface area (Å²) in [6.07, 6.45) is 8.63. The molecule has 8 nitrogen and oxygen atoms in total. The summed E-state index contributed by atoms with van der Waals surface area (Å²) in [6, 6.07) is 3.71. The van der Waals surface area contributed by atoms with E-state index in [1.807, 2.05) is 22.9 Å². The Morgan fingerprint density at radius 2 is 1.95 bits per heavy atom. The number of ether oxygens (including phenoxy) is 2. The fraction of sp³-hybridized carbons (Fsp3) is 0.143. The molecule has 0 aliphatic carbocycles. The Morgan fingerprint density at radius 3 is 2.59 bits per heavy atom. The number of benzene rings is 1. The number of hydrazine groups is 1. The van der Waals surface area contributed by atoms with Crippen LogP contribution in [0.2, 0.25) is 0 Å². The van der Waals surface area contributed by atoms with Gasteiger partial charge in [-0.15, -0.1) is 0 Å². The van der Waals surface area contributed by atoms with Gasteiger partial charge in [-0.3, -0.25) is 10.9 Å². The highest BCUT2D eigenvalue weighted by atomic mass is 16.5. The van der Waals surface area contributed by atoms with Crippen molar-refractivity contribution in [1.82, 2.24) is 19.5 Å². The molecular formula is C14H16N6O2. The molecule has 3 N–H and O–H groups in total. The first kappa shape index (κ1) is 13.8. The number of anilines is 2. The number of aromatic nitrogens is 4. The van der Waals surface area contributed by atoms with Crippen LogP contribution in [0, 0.1) is 0 Å². The van der Waals surface area contributed by atoms with Crippen LogP contribution in [0.3, 0.4) is 0 Å². The van der Waals surface area contributed by atoms with Gasteiger partial charge in [-0.25, -0.2) is 9.97 Å². The normalized spacial score (nSPS) is 10.3. The zero-order valence-corrected chi connectivity index (χ0v) is 12.2. The molecule has 114 valence electrons. The predicted octanol–water partition coefficient (Wildman–Crippen LogP) is 2.05. The largest absolute Gasteiger partial charge is 0.494 e. The van der Waals surface area contributed by atoms with E-state index in [2.05, 4.69) is 25.8 Å². The Balaban J connectivity index is 1.93. The topological polar surface area (TPSA) is 89.0 Å². The zero-order chi connectivity index (χ0) is 15.4. The molecule has 0 radical (unpaired) electrons. The van der Waals surface area contributed by atoms with E-state index in [-0.39, 0.29) is 0 Å². The van der Waals surface area contributed by atoms with E-state index in [0.29, 0.717) is 17.4 Å². The lowest BCUT2D eigenvalue weighted by Gasteiger charge is -2.16. The summed E-state index contributed by atoms with van der Waals surface area (Å²) in [6.45, 7) is 0. The van der Waals surface area contributed by atoms with Crippen LogP contribution in [-0.2, 0) is 0 Å². The number of imidazole rings is 2. The fourth-order valence-electron chi connectivity index (χ4n) is 2.04. The number of nitrogens with zero attached hydrogens (tertiary/aromatic N) is 3. The minimum absolute atomic E-state index is 0.597. The second kappa shape index (κ2) is 6.08. The molecular weight excluding hydrogens is 284 g/mol. The predicted molar refractivity (Wildman–Crippen MR) is 82.5 cm³/mol. The highest BCUT2D eigenvalue weighted by Gasteiger charge is 2.12. The summed E-state index contributed by atoms with van der Waals surface area (Å²) >= 11 is 0. The second-order valence-corrected chi connectivity index (χ2v) is 4.38. The number of aromatic amines is 1. The standard InChI is InChI=1S/C14H16N6O2/c1-21-12-8-11(20-6-5-15-9-20)13(22-2)7-10(12)18-19-14-16-3-4-17-14/h3-9,18H,1-2H3,(H2,16,17,19). The zero-order valence-electron chi connectivity index (χ0n) is 12.2. The maximum Gasteiger partial charge on any atom is 0.219 e. The monoisotopic (exact) mass is 300 g/mol. The molecule has 0 saturated carbocycles. The van der Waals surface area contributed by atoms with Crippen molar-refractivity contribution in [3.63, 3.8) is 0 Å². The van der Waals surface area contributed by atoms with E-state index in [9.17, 15) is 0 Å². The van der Waals surface area contributed by atoms with Crippen LogP contribution >= 0.6 is 0 Å². The first-order valence-corrected chi connectivity index (χ1v) is 6.57. The Kier molecular flexibility index (Phi) is 3.82. The Morgan fingerprint density at radius 1 is 1.09 bits per heavy atom. The van der Waals surface area contributed by atoms with Crippen molar-refractivity contribution in [3.05, 3.63) is 43.2 Å². The number of rotatable bonds is 6. The van der Waals surface area contributed by atoms with Crippen molar-refractivity contribution in [1.29, 1.82) is 0 Å². The summed E-state index contributed by atoms with van der Waals surface area (Å²) in [5, 5.41) is 0. The van der Waals surface area contributed by atoms with Gasteiger partial charge in [0.25, 0.3) is 0 Å². The molecule has 0 saturated heterocycles. The van der Waals surface area contributed by atoms with Crippen molar-refractivity contribution in [2.75, 3.05) is 25.1 Å². The van der Waals surface area contributed by atoms with Gasteiger partial charge in [-0.2, -0.15) is 0 Å². The molecule has 0 fully saturated rings. The molecule has 0 unspecified atom stereocenters. The van der Waals surface area contributed by atoms with Gasteiger partial charge < -0.3 is 19.0 Å². The third-order valence-electron chi connectivity index (χ3n) is 3.10. The summed E-state index contributed by atoms with van der Waals surface area (Å²) < 4.78 is 12.7. The average Bonchev–Trinajstić information content (AvgIpc) is 3.25. The minimum atomic E-state index is 0.597. The Bertz CT molecular complexity index is 724. The van der Waals surface area contributed by atoms with Crippen molar-refractivity contribution < 1.29 is 9.47 Å². The van der Waals surface area contributed by atoms with Gasteiger partial charge >= 0.3 is 0 Å². The van der Waals surface area contributed by atoms with E-state index in [1.165, 1.54) is 0 Å². The van der Waals surface area contributed by atoms with E-state index < -0.39 is 0 Å². The highest BCUT2D eigenvalue weighted by Crippen LogP contribution is 2.35. The third kappa shape index (κ3) is 2.66. The van der Waals surface area contributed by atoms with Crippen LogP contribution in [0.15, 0.2) is 43.2 Å². The van der Waals surface area contributed by atoms with Gasteiger partial charge in [0.15, 0.2) is 0 Å². The Hall–Kier alpha value is -3.16. The van der Waals surface area contributed by atoms with Crippen LogP contribution in [0.4, 0.5) is 11.6 Å². The lowest BCUT2D eigenvalue weighted by molar-refractivity contribution is 0.403. The minimum Gasteiger partial charge on any atom is -0.494 e. The average molecular weight is 300 g/mol. The second-order valence-electron chi connectivity index (χ2n) is 4.38. The lowest BCUT2D eigenvalue weighted by Crippen LogP contribution is -2.11. The molecule has 3 rings (SSSR count). The molecule has 0 amide bonds. The van der Waals surface area contributed by atoms with E-state index in [0.717, 1.165) is 11.4 Å². The molecule has 2 heterocycles. The van der Waals surface area contributed by atoms with Gasteiger partial charge in [0, 0.05) is 36.9 Å². The van der Waals surface area contributed by atoms with Gasteiger partial charge in [0.1, 0.15) is 11.5 Å². The van der Waals surface area contributed by atoms with Crippen LogP contribution in [0.5, 0.6) is 11.5 Å². The smallest absolute Gasteiger partial charge is 0.219 e. The molecule has 0 bridgehead atoms. The Labute approximate surface area is 127 Å². The molecule has 8 heteroatoms. The van der Waals surface area contributed by atoms with Crippen LogP contribution in [0.25, 0.3) is 5.69 Å². The molecule has 3 aromatic rings. The van der Waals surface area contributed by atoms with Gasteiger partial charge in [-0.05, 0) is 0 Å². The van der Waals surface area contributed by atoms with E-state index >= 15 is 0 Å². The van der Waals surface area contributed by atoms with Crippen molar-refractivity contribution >= 4 is 11.6 Å². The van der Waals surface area contributed by atoms with Crippen LogP contribution < -0.4 is 20.3 Å². The number of hydrogen-bond acceptors (Lipinski definition) is 6. The summed E-state index contributed by atoms with van der Waals surface area (Å²) in [5.74, 6) is 1.94. The molecule has 2 aromatic heterocycles. The number of H-pyrrole nitrogens is 1. The summed E-state index contributed by atoms with van der Waals surface area (Å²) in [4.78, 5) is 11.1. The maximum absolute atomic E-state index is 5.45. The number of methoxy groups -OCH3 is 2. The quantitative estimate of drug-likeness (QED) is 0.604. The molecule has 0 aliphatic heterocycles. The van der Waals surface area contributed by atoms with Crippen molar-refractivity contribution in [2.45, 2.75) is 0 Å². The SMILES string of the molecule is COc1cc(-n2ccnc2)c(OC)cc1NNc1ncc[nH]1. The van der Waals surface area contributed by atoms with Gasteiger partial charge in [-0.1, -0.05) is 0 Å². The van der Waals surface area contributed by atoms with E-state index in [4.69, 9.17) is 9.47 Å². The van der Waals surface area contributed by atoms with Gasteiger partial charge in [0.05, 0.1) is 31.9 Å². The number of hydrogen-bond donors (Lipinski definition) is 3. The molecule has 22 heavy (non-hydrogen) atoms. The first-order chi connectivity index (χ1) is 10.8. The fourth-order valence-corrected chi connectivity index (χ4v) is 2.04. The number of nitrogens with one attached hydrogen (secondary N) is 3. The summed E-state index contributed by atoms with van der Waals surface area (Å²) in [7, 11) is 3.23. The van der Waals surface area contributed by atoms with Crippen LogP contribution in [-0.4, -0.2) is 33.7 Å². The lowest BCUT2D eigenvalue weighted by atomic mass is 10.2.